The quantitative estimate of drug-likeness (QED) is 0.503. The van der Waals surface area contributed by atoms with Gasteiger partial charge in [0.05, 0.1) is 0 Å². The average molecular weight is 264 g/mol. The van der Waals surface area contributed by atoms with E-state index in [-0.39, 0.29) is 0 Å². The third-order valence-corrected chi connectivity index (χ3v) is 2.40. The van der Waals surface area contributed by atoms with E-state index in [1.165, 1.54) is 24.8 Å². The van der Waals surface area contributed by atoms with E-state index < -0.39 is 0 Å². The highest BCUT2D eigenvalue weighted by molar-refractivity contribution is 5.19. The molecular formula is C19H36. The number of hydrogen-bond donors (Lipinski definition) is 0. The third kappa shape index (κ3) is 14.9. The molecule has 1 unspecified atom stereocenters. The highest BCUT2D eigenvalue weighted by Gasteiger charge is 2.05. The Kier molecular flexibility index (Phi) is 26.9. The Balaban J connectivity index is -0.000000313. The van der Waals surface area contributed by atoms with Crippen molar-refractivity contribution in [2.24, 2.45) is 0 Å². The van der Waals surface area contributed by atoms with E-state index in [0.717, 1.165) is 5.92 Å². The van der Waals surface area contributed by atoms with Gasteiger partial charge in [-0.05, 0) is 31.2 Å². The lowest BCUT2D eigenvalue weighted by atomic mass is 9.92. The van der Waals surface area contributed by atoms with Crippen LogP contribution < -0.4 is 0 Å². The minimum Gasteiger partial charge on any atom is -0.103 e. The Hall–Kier alpha value is -1.04. The molecule has 0 aliphatic heterocycles. The predicted octanol–water partition coefficient (Wildman–Crippen LogP) is 7.23. The maximum Gasteiger partial charge on any atom is -0.0165 e. The highest BCUT2D eigenvalue weighted by atomic mass is 14.1. The van der Waals surface area contributed by atoms with Crippen molar-refractivity contribution in [3.63, 3.8) is 0 Å². The molecule has 0 N–H and O–H groups in total. The zero-order valence-corrected chi connectivity index (χ0v) is 14.4. The first kappa shape index (κ1) is 23.1. The van der Waals surface area contributed by atoms with Crippen LogP contribution in [0.5, 0.6) is 0 Å². The van der Waals surface area contributed by atoms with Crippen LogP contribution >= 0.6 is 0 Å². The molecule has 0 saturated carbocycles. The third-order valence-electron chi connectivity index (χ3n) is 2.40. The van der Waals surface area contributed by atoms with Gasteiger partial charge in [-0.1, -0.05) is 84.4 Å². The molecule has 19 heavy (non-hydrogen) atoms. The van der Waals surface area contributed by atoms with Gasteiger partial charge in [-0.25, -0.2) is 0 Å². The second-order valence-electron chi connectivity index (χ2n) is 3.71. The fourth-order valence-electron chi connectivity index (χ4n) is 1.68. The molecule has 0 saturated heterocycles. The van der Waals surface area contributed by atoms with E-state index in [4.69, 9.17) is 0 Å². The minimum absolute atomic E-state index is 0.774. The fourth-order valence-corrected chi connectivity index (χ4v) is 1.68. The molecule has 1 atom stereocenters. The number of hydrogen-bond acceptors (Lipinski definition) is 0. The summed E-state index contributed by atoms with van der Waals surface area (Å²) in [5.41, 5.74) is 1.50. The summed E-state index contributed by atoms with van der Waals surface area (Å²) >= 11 is 0. The van der Waals surface area contributed by atoms with Crippen LogP contribution in [0.3, 0.4) is 0 Å². The van der Waals surface area contributed by atoms with E-state index in [0.29, 0.717) is 0 Å². The average Bonchev–Trinajstić information content (AvgIpc) is 2.50. The minimum atomic E-state index is 0.774. The number of rotatable bonds is 4. The van der Waals surface area contributed by atoms with Crippen molar-refractivity contribution in [3.05, 3.63) is 48.6 Å². The normalized spacial score (nSPS) is 9.42. The molecule has 1 aromatic carbocycles. The summed E-state index contributed by atoms with van der Waals surface area (Å²) in [7, 11) is 0. The standard InChI is InChI=1S/C12H18.C3H6.2C2H6/c1-3-8-11(4-2)12-9-6-5-7-10-12;1-3-2;2*1-2/h5-7,9-11H,3-4,8H2,1-2H3;3H,1H2,2H3;2*1-2H3. The molecule has 0 aliphatic carbocycles. The van der Waals surface area contributed by atoms with Gasteiger partial charge in [0.15, 0.2) is 0 Å². The largest absolute Gasteiger partial charge is 0.103 e. The van der Waals surface area contributed by atoms with Crippen LogP contribution in [-0.4, -0.2) is 0 Å². The van der Waals surface area contributed by atoms with Crippen LogP contribution in [-0.2, 0) is 0 Å². The summed E-state index contributed by atoms with van der Waals surface area (Å²) in [5.74, 6) is 0.774. The van der Waals surface area contributed by atoms with Gasteiger partial charge < -0.3 is 0 Å². The molecule has 0 radical (unpaired) electrons. The summed E-state index contributed by atoms with van der Waals surface area (Å²) < 4.78 is 0. The molecular weight excluding hydrogens is 228 g/mol. The van der Waals surface area contributed by atoms with E-state index in [9.17, 15) is 0 Å². The van der Waals surface area contributed by atoms with Crippen molar-refractivity contribution in [2.45, 2.75) is 73.6 Å². The summed E-state index contributed by atoms with van der Waals surface area (Å²) in [6.45, 7) is 17.8. The van der Waals surface area contributed by atoms with Crippen LogP contribution in [0.1, 0.15) is 79.2 Å². The summed E-state index contributed by atoms with van der Waals surface area (Å²) in [6.07, 6.45) is 5.62. The van der Waals surface area contributed by atoms with Crippen LogP contribution in [0.15, 0.2) is 43.0 Å². The topological polar surface area (TPSA) is 0 Å². The molecule has 0 aliphatic rings. The Labute approximate surface area is 123 Å². The van der Waals surface area contributed by atoms with Gasteiger partial charge in [0.2, 0.25) is 0 Å². The van der Waals surface area contributed by atoms with Gasteiger partial charge >= 0.3 is 0 Å². The van der Waals surface area contributed by atoms with Gasteiger partial charge in [-0.15, -0.1) is 6.58 Å². The maximum atomic E-state index is 3.36. The van der Waals surface area contributed by atoms with Gasteiger partial charge in [-0.2, -0.15) is 0 Å². The van der Waals surface area contributed by atoms with Crippen molar-refractivity contribution >= 4 is 0 Å². The van der Waals surface area contributed by atoms with Crippen molar-refractivity contribution in [1.29, 1.82) is 0 Å². The van der Waals surface area contributed by atoms with E-state index >= 15 is 0 Å². The summed E-state index contributed by atoms with van der Waals surface area (Å²) in [4.78, 5) is 0. The molecule has 0 nitrogen and oxygen atoms in total. The predicted molar refractivity (Wildman–Crippen MR) is 92.9 cm³/mol. The highest BCUT2D eigenvalue weighted by Crippen LogP contribution is 2.23. The molecule has 0 amide bonds. The Morgan fingerprint density at radius 1 is 1.00 bits per heavy atom. The first-order valence-electron chi connectivity index (χ1n) is 7.92. The van der Waals surface area contributed by atoms with Gasteiger partial charge in [0.1, 0.15) is 0 Å². The zero-order valence-electron chi connectivity index (χ0n) is 14.4. The maximum absolute atomic E-state index is 3.36. The SMILES string of the molecule is C=CC.CC.CC.CCCC(CC)c1ccccc1. The smallest absolute Gasteiger partial charge is 0.0165 e. The molecule has 0 fully saturated rings. The van der Waals surface area contributed by atoms with Crippen LogP contribution in [0, 0.1) is 0 Å². The molecule has 0 spiro atoms. The van der Waals surface area contributed by atoms with Gasteiger partial charge in [0, 0.05) is 0 Å². The summed E-state index contributed by atoms with van der Waals surface area (Å²) in [6, 6.07) is 10.8. The molecule has 112 valence electrons. The van der Waals surface area contributed by atoms with Crippen molar-refractivity contribution in [2.75, 3.05) is 0 Å². The zero-order chi connectivity index (χ0) is 15.5. The monoisotopic (exact) mass is 264 g/mol. The van der Waals surface area contributed by atoms with E-state index in [1.807, 2.05) is 34.6 Å². The lowest BCUT2D eigenvalue weighted by Crippen LogP contribution is -1.95. The Morgan fingerprint density at radius 2 is 1.42 bits per heavy atom. The van der Waals surface area contributed by atoms with Crippen molar-refractivity contribution in [1.82, 2.24) is 0 Å². The summed E-state index contributed by atoms with van der Waals surface area (Å²) in [5, 5.41) is 0. The molecule has 0 bridgehead atoms. The lowest BCUT2D eigenvalue weighted by Gasteiger charge is -2.13. The second-order valence-corrected chi connectivity index (χ2v) is 3.71. The van der Waals surface area contributed by atoms with Crippen LogP contribution in [0.25, 0.3) is 0 Å². The first-order chi connectivity index (χ1) is 9.29. The number of benzene rings is 1. The van der Waals surface area contributed by atoms with Crippen LogP contribution in [0.2, 0.25) is 0 Å². The fraction of sp³-hybridized carbons (Fsp3) is 0.579. The molecule has 1 rings (SSSR count). The molecule has 0 aromatic heterocycles. The lowest BCUT2D eigenvalue weighted by molar-refractivity contribution is 0.596. The van der Waals surface area contributed by atoms with E-state index in [1.54, 1.807) is 6.08 Å². The van der Waals surface area contributed by atoms with Gasteiger partial charge in [0.25, 0.3) is 0 Å². The van der Waals surface area contributed by atoms with Crippen molar-refractivity contribution in [3.8, 4) is 0 Å². The first-order valence-corrected chi connectivity index (χ1v) is 7.92. The molecule has 0 heterocycles. The Bertz CT molecular complexity index is 235. The van der Waals surface area contributed by atoms with Gasteiger partial charge in [-0.3, -0.25) is 0 Å². The molecule has 0 heteroatoms. The second kappa shape index (κ2) is 22.2. The van der Waals surface area contributed by atoms with Crippen LogP contribution in [0.4, 0.5) is 0 Å². The van der Waals surface area contributed by atoms with Crippen molar-refractivity contribution < 1.29 is 0 Å². The Morgan fingerprint density at radius 3 is 1.74 bits per heavy atom. The molecule has 1 aromatic rings. The van der Waals surface area contributed by atoms with E-state index in [2.05, 4.69) is 50.8 Å². The number of allylic oxidation sites excluding steroid dienone is 1.